The van der Waals surface area contributed by atoms with Crippen LogP contribution in [-0.4, -0.2) is 57.6 Å². The lowest BCUT2D eigenvalue weighted by Gasteiger charge is -2.24. The number of ether oxygens (including phenoxy) is 1. The van der Waals surface area contributed by atoms with Crippen molar-refractivity contribution in [2.75, 3.05) is 30.4 Å². The molecule has 4 heterocycles. The highest BCUT2D eigenvalue weighted by molar-refractivity contribution is 6.00. The quantitative estimate of drug-likeness (QED) is 0.544. The molecular weight excluding hydrogens is 372 g/mol. The molecule has 0 radical (unpaired) electrons. The van der Waals surface area contributed by atoms with E-state index in [1.165, 1.54) is 12.8 Å². The Morgan fingerprint density at radius 1 is 1.31 bits per heavy atom. The fourth-order valence-corrected chi connectivity index (χ4v) is 3.81. The summed E-state index contributed by atoms with van der Waals surface area (Å²) in [6.07, 6.45) is 7.37. The van der Waals surface area contributed by atoms with Crippen LogP contribution in [-0.2, 0) is 9.53 Å². The molecule has 1 amide bonds. The summed E-state index contributed by atoms with van der Waals surface area (Å²) in [6.45, 7) is 2.43. The lowest BCUT2D eigenvalue weighted by molar-refractivity contribution is -0.117. The van der Waals surface area contributed by atoms with Crippen molar-refractivity contribution in [3.63, 3.8) is 0 Å². The third-order valence-corrected chi connectivity index (χ3v) is 5.67. The molecule has 29 heavy (non-hydrogen) atoms. The molecule has 0 bridgehead atoms. The largest absolute Gasteiger partial charge is 0.381 e. The van der Waals surface area contributed by atoms with Gasteiger partial charge < -0.3 is 25.8 Å². The maximum atomic E-state index is 12.0. The first-order valence-corrected chi connectivity index (χ1v) is 10.3. The second kappa shape index (κ2) is 7.64. The third kappa shape index (κ3) is 4.06. The maximum Gasteiger partial charge on any atom is 0.249 e. The number of hydrogen-bond acceptors (Lipinski definition) is 7. The van der Waals surface area contributed by atoms with E-state index in [4.69, 9.17) is 9.72 Å². The van der Waals surface area contributed by atoms with E-state index in [-0.39, 0.29) is 12.3 Å². The van der Waals surface area contributed by atoms with Crippen LogP contribution in [0.5, 0.6) is 0 Å². The number of aromatic nitrogens is 3. The van der Waals surface area contributed by atoms with Crippen molar-refractivity contribution in [3.8, 4) is 0 Å². The topological polar surface area (TPSA) is 113 Å². The number of carbonyl (C=O) groups excluding carboxylic acids is 1. The minimum Gasteiger partial charge on any atom is -0.381 e. The van der Waals surface area contributed by atoms with Gasteiger partial charge in [-0.1, -0.05) is 0 Å². The smallest absolute Gasteiger partial charge is 0.249 e. The minimum absolute atomic E-state index is 0.250. The highest BCUT2D eigenvalue weighted by Crippen LogP contribution is 2.30. The minimum atomic E-state index is -0.829. The van der Waals surface area contributed by atoms with E-state index in [1.54, 1.807) is 16.8 Å². The number of fused-ring (bicyclic) bond motifs is 1. The Morgan fingerprint density at radius 3 is 2.86 bits per heavy atom. The summed E-state index contributed by atoms with van der Waals surface area (Å²) < 4.78 is 7.24. The molecule has 1 saturated carbocycles. The molecule has 2 aromatic heterocycles. The molecule has 4 N–H and O–H groups in total. The number of aliphatic hydroxyl groups excluding tert-OH is 1. The van der Waals surface area contributed by atoms with Crippen molar-refractivity contribution in [1.29, 1.82) is 0 Å². The zero-order valence-corrected chi connectivity index (χ0v) is 16.2. The summed E-state index contributed by atoms with van der Waals surface area (Å²) in [7, 11) is 0. The summed E-state index contributed by atoms with van der Waals surface area (Å²) in [6, 6.07) is 2.33. The molecule has 154 valence electrons. The fourth-order valence-electron chi connectivity index (χ4n) is 3.81. The van der Waals surface area contributed by atoms with Crippen LogP contribution in [0, 0.1) is 5.92 Å². The highest BCUT2D eigenvalue weighted by atomic mass is 16.5. The van der Waals surface area contributed by atoms with Crippen LogP contribution in [0.4, 0.5) is 11.6 Å². The highest BCUT2D eigenvalue weighted by Gasteiger charge is 2.25. The van der Waals surface area contributed by atoms with Crippen molar-refractivity contribution in [1.82, 2.24) is 19.9 Å². The average molecular weight is 398 g/mol. The molecular formula is C20H26N6O3. The van der Waals surface area contributed by atoms with E-state index in [1.807, 2.05) is 6.07 Å². The Hall–Kier alpha value is -2.65. The molecule has 1 unspecified atom stereocenters. The van der Waals surface area contributed by atoms with Crippen LogP contribution >= 0.6 is 0 Å². The molecule has 1 atom stereocenters. The summed E-state index contributed by atoms with van der Waals surface area (Å²) >= 11 is 0. The molecule has 0 spiro atoms. The van der Waals surface area contributed by atoms with Crippen LogP contribution in [0.1, 0.15) is 37.7 Å². The van der Waals surface area contributed by atoms with Gasteiger partial charge in [0.15, 0.2) is 5.65 Å². The molecule has 0 aromatic carbocycles. The van der Waals surface area contributed by atoms with E-state index >= 15 is 0 Å². The van der Waals surface area contributed by atoms with Gasteiger partial charge in [0.05, 0.1) is 6.20 Å². The van der Waals surface area contributed by atoms with E-state index in [0.29, 0.717) is 17.3 Å². The number of aliphatic hydroxyl groups is 1. The van der Waals surface area contributed by atoms with Crippen LogP contribution in [0.15, 0.2) is 17.8 Å². The van der Waals surface area contributed by atoms with Crippen molar-refractivity contribution < 1.29 is 14.6 Å². The molecule has 9 nitrogen and oxygen atoms in total. The molecule has 9 heteroatoms. The summed E-state index contributed by atoms with van der Waals surface area (Å²) in [5.74, 6) is 2.15. The Bertz CT molecular complexity index is 945. The second-order valence-electron chi connectivity index (χ2n) is 8.08. The number of amides is 1. The van der Waals surface area contributed by atoms with Gasteiger partial charge in [-0.2, -0.15) is 9.61 Å². The normalized spacial score (nSPS) is 24.2. The second-order valence-corrected chi connectivity index (χ2v) is 8.08. The van der Waals surface area contributed by atoms with E-state index in [0.717, 1.165) is 55.7 Å². The van der Waals surface area contributed by atoms with Crippen molar-refractivity contribution in [3.05, 3.63) is 23.4 Å². The van der Waals surface area contributed by atoms with Crippen molar-refractivity contribution in [2.45, 2.75) is 44.4 Å². The zero-order valence-electron chi connectivity index (χ0n) is 16.2. The zero-order chi connectivity index (χ0) is 19.8. The number of anilines is 2. The van der Waals surface area contributed by atoms with Gasteiger partial charge in [-0.25, -0.2) is 4.98 Å². The number of carbonyl (C=O) groups is 1. The Labute approximate surface area is 168 Å². The van der Waals surface area contributed by atoms with Gasteiger partial charge in [-0.05, 0) is 37.7 Å². The number of nitrogens with zero attached hydrogens (tertiary/aromatic N) is 3. The van der Waals surface area contributed by atoms with Gasteiger partial charge in [0.2, 0.25) is 5.91 Å². The molecule has 3 fully saturated rings. The lowest BCUT2D eigenvalue weighted by Crippen LogP contribution is -2.28. The van der Waals surface area contributed by atoms with Crippen LogP contribution in [0.2, 0.25) is 0 Å². The van der Waals surface area contributed by atoms with Crippen molar-refractivity contribution in [2.24, 2.45) is 5.92 Å². The molecule has 5 rings (SSSR count). The Balaban J connectivity index is 1.49. The number of nitrogens with one attached hydrogen (secondary N) is 3. The van der Waals surface area contributed by atoms with Gasteiger partial charge in [-0.3, -0.25) is 4.79 Å². The summed E-state index contributed by atoms with van der Waals surface area (Å²) in [5, 5.41) is 23.7. The Kier molecular flexibility index (Phi) is 4.84. The fraction of sp³-hybridized carbons (Fsp3) is 0.550. The first kappa shape index (κ1) is 18.4. The van der Waals surface area contributed by atoms with Crippen molar-refractivity contribution >= 4 is 29.3 Å². The van der Waals surface area contributed by atoms with Gasteiger partial charge in [-0.15, -0.1) is 0 Å². The Morgan fingerprint density at radius 2 is 2.14 bits per heavy atom. The first-order chi connectivity index (χ1) is 14.2. The van der Waals surface area contributed by atoms with E-state index in [2.05, 4.69) is 21.0 Å². The van der Waals surface area contributed by atoms with E-state index < -0.39 is 6.23 Å². The van der Waals surface area contributed by atoms with Crippen LogP contribution in [0.3, 0.4) is 0 Å². The van der Waals surface area contributed by atoms with Gasteiger partial charge in [0.25, 0.3) is 0 Å². The lowest BCUT2D eigenvalue weighted by atomic mass is 10.1. The molecule has 2 aliphatic heterocycles. The van der Waals surface area contributed by atoms with Crippen LogP contribution in [0.25, 0.3) is 11.7 Å². The van der Waals surface area contributed by atoms with E-state index in [9.17, 15) is 9.90 Å². The summed E-state index contributed by atoms with van der Waals surface area (Å²) in [5.41, 5.74) is 1.97. The molecule has 2 saturated heterocycles. The third-order valence-electron chi connectivity index (χ3n) is 5.67. The predicted octanol–water partition coefficient (Wildman–Crippen LogP) is 1.36. The first-order valence-electron chi connectivity index (χ1n) is 10.3. The summed E-state index contributed by atoms with van der Waals surface area (Å²) in [4.78, 5) is 16.8. The number of hydrogen-bond donors (Lipinski definition) is 4. The maximum absolute atomic E-state index is 12.0. The van der Waals surface area contributed by atoms with Crippen LogP contribution < -0.4 is 16.0 Å². The SMILES string of the molecule is O=C1NC(O)C/C1=C\c1cnn2c(NCC3CC3)cc(NC3CCOCC3)nc12. The standard InChI is InChI=1S/C20H26N6O3/c27-18-8-13(20(28)25-18)7-14-11-22-26-17(21-10-12-1-2-12)9-16(24-19(14)26)23-15-3-5-29-6-4-15/h7,9,11-12,15,18,21,27H,1-6,8,10H2,(H,23,24)(H,25,28)/b13-7+. The average Bonchev–Trinajstić information content (AvgIpc) is 3.38. The molecule has 3 aliphatic rings. The van der Waals surface area contributed by atoms with Gasteiger partial charge in [0, 0.05) is 49.4 Å². The predicted molar refractivity (Wildman–Crippen MR) is 108 cm³/mol. The van der Waals surface area contributed by atoms with Gasteiger partial charge >= 0.3 is 0 Å². The number of rotatable bonds is 6. The molecule has 2 aromatic rings. The van der Waals surface area contributed by atoms with Gasteiger partial charge in [0.1, 0.15) is 17.9 Å². The molecule has 1 aliphatic carbocycles. The monoisotopic (exact) mass is 398 g/mol.